The highest BCUT2D eigenvalue weighted by molar-refractivity contribution is 5.85. The number of halogens is 1. The molecule has 4 rings (SSSR count). The lowest BCUT2D eigenvalue weighted by Crippen LogP contribution is -2.55. The third-order valence-electron chi connectivity index (χ3n) is 5.28. The number of carbonyl (C=O) groups excluding carboxylic acids is 1. The van der Waals surface area contributed by atoms with Crippen LogP contribution in [0.2, 0.25) is 0 Å². The van der Waals surface area contributed by atoms with E-state index < -0.39 is 5.54 Å². The van der Waals surface area contributed by atoms with E-state index in [0.717, 1.165) is 37.1 Å². The van der Waals surface area contributed by atoms with Gasteiger partial charge in [0.05, 0.1) is 6.04 Å². The van der Waals surface area contributed by atoms with Crippen LogP contribution in [0.3, 0.4) is 0 Å². The Kier molecular flexibility index (Phi) is 3.84. The van der Waals surface area contributed by atoms with E-state index in [1.165, 1.54) is 6.07 Å². The minimum Gasteiger partial charge on any atom is -0.347 e. The molecule has 1 aromatic carbocycles. The molecule has 1 aliphatic heterocycles. The Hall–Kier alpha value is -2.21. The molecule has 1 atom stereocenters. The van der Waals surface area contributed by atoms with Crippen molar-refractivity contribution in [3.05, 3.63) is 53.6 Å². The normalized spacial score (nSPS) is 22.1. The SMILES string of the molecule is O=C(NC1CCc2cc(F)ccc21)C1(n2cccn2)CCNCC1. The molecule has 2 aliphatic rings. The van der Waals surface area contributed by atoms with Crippen LogP contribution in [-0.4, -0.2) is 28.8 Å². The molecule has 1 unspecified atom stereocenters. The van der Waals surface area contributed by atoms with E-state index in [9.17, 15) is 9.18 Å². The van der Waals surface area contributed by atoms with Crippen molar-refractivity contribution in [2.45, 2.75) is 37.3 Å². The summed E-state index contributed by atoms with van der Waals surface area (Å²) >= 11 is 0. The summed E-state index contributed by atoms with van der Waals surface area (Å²) < 4.78 is 15.2. The highest BCUT2D eigenvalue weighted by Gasteiger charge is 2.43. The van der Waals surface area contributed by atoms with Crippen LogP contribution in [0.1, 0.15) is 36.4 Å². The van der Waals surface area contributed by atoms with E-state index >= 15 is 0 Å². The van der Waals surface area contributed by atoms with Crippen molar-refractivity contribution in [3.63, 3.8) is 0 Å². The van der Waals surface area contributed by atoms with Crippen molar-refractivity contribution in [1.82, 2.24) is 20.4 Å². The van der Waals surface area contributed by atoms with E-state index in [4.69, 9.17) is 0 Å². The lowest BCUT2D eigenvalue weighted by molar-refractivity contribution is -0.132. The van der Waals surface area contributed by atoms with E-state index in [0.29, 0.717) is 12.8 Å². The van der Waals surface area contributed by atoms with Gasteiger partial charge in [0.1, 0.15) is 11.4 Å². The second kappa shape index (κ2) is 6.02. The van der Waals surface area contributed by atoms with E-state index in [1.807, 2.05) is 12.3 Å². The third-order valence-corrected chi connectivity index (χ3v) is 5.28. The lowest BCUT2D eigenvalue weighted by Gasteiger charge is -2.37. The maximum absolute atomic E-state index is 13.4. The van der Waals surface area contributed by atoms with Crippen LogP contribution in [0, 0.1) is 5.82 Å². The molecular weight excluding hydrogens is 307 g/mol. The van der Waals surface area contributed by atoms with Crippen LogP contribution >= 0.6 is 0 Å². The fraction of sp³-hybridized carbons (Fsp3) is 0.444. The van der Waals surface area contributed by atoms with Gasteiger partial charge in [-0.25, -0.2) is 4.39 Å². The largest absolute Gasteiger partial charge is 0.347 e. The van der Waals surface area contributed by atoms with Gasteiger partial charge in [-0.2, -0.15) is 5.10 Å². The maximum Gasteiger partial charge on any atom is 0.248 e. The molecular formula is C18H21FN4O. The fourth-order valence-corrected chi connectivity index (χ4v) is 3.95. The van der Waals surface area contributed by atoms with Gasteiger partial charge in [-0.15, -0.1) is 0 Å². The minimum atomic E-state index is -0.641. The first-order valence-electron chi connectivity index (χ1n) is 8.49. The van der Waals surface area contributed by atoms with Crippen LogP contribution in [0.5, 0.6) is 0 Å². The van der Waals surface area contributed by atoms with Gasteiger partial charge in [-0.3, -0.25) is 9.48 Å². The number of aromatic nitrogens is 2. The first kappa shape index (κ1) is 15.3. The molecule has 2 N–H and O–H groups in total. The summed E-state index contributed by atoms with van der Waals surface area (Å²) in [5, 5.41) is 10.9. The number of hydrogen-bond acceptors (Lipinski definition) is 3. The minimum absolute atomic E-state index is 0.00914. The molecule has 2 heterocycles. The number of benzene rings is 1. The second-order valence-electron chi connectivity index (χ2n) is 6.64. The number of carbonyl (C=O) groups is 1. The Morgan fingerprint density at radius 1 is 1.38 bits per heavy atom. The van der Waals surface area contributed by atoms with E-state index in [-0.39, 0.29) is 17.8 Å². The molecule has 1 fully saturated rings. The molecule has 126 valence electrons. The average Bonchev–Trinajstić information content (AvgIpc) is 3.26. The fourth-order valence-electron chi connectivity index (χ4n) is 3.95. The molecule has 0 bridgehead atoms. The molecule has 6 heteroatoms. The number of hydrogen-bond donors (Lipinski definition) is 2. The van der Waals surface area contributed by atoms with Crippen molar-refractivity contribution < 1.29 is 9.18 Å². The highest BCUT2D eigenvalue weighted by atomic mass is 19.1. The summed E-state index contributed by atoms with van der Waals surface area (Å²) in [4.78, 5) is 13.2. The van der Waals surface area contributed by atoms with Gasteiger partial charge in [-0.05, 0) is 68.1 Å². The van der Waals surface area contributed by atoms with Crippen molar-refractivity contribution in [2.75, 3.05) is 13.1 Å². The predicted octanol–water partition coefficient (Wildman–Crippen LogP) is 1.90. The van der Waals surface area contributed by atoms with Crippen molar-refractivity contribution in [2.24, 2.45) is 0 Å². The smallest absolute Gasteiger partial charge is 0.248 e. The maximum atomic E-state index is 13.4. The molecule has 1 saturated heterocycles. The zero-order chi connectivity index (χ0) is 16.6. The molecule has 1 aromatic heterocycles. The van der Waals surface area contributed by atoms with Gasteiger partial charge in [0.25, 0.3) is 0 Å². The summed E-state index contributed by atoms with van der Waals surface area (Å²) in [5.74, 6) is -0.207. The van der Waals surface area contributed by atoms with Crippen molar-refractivity contribution in [1.29, 1.82) is 0 Å². The number of nitrogens with one attached hydrogen (secondary N) is 2. The van der Waals surface area contributed by atoms with Gasteiger partial charge in [0.15, 0.2) is 0 Å². The first-order valence-corrected chi connectivity index (χ1v) is 8.49. The van der Waals surface area contributed by atoms with Crippen molar-refractivity contribution in [3.8, 4) is 0 Å². The lowest BCUT2D eigenvalue weighted by atomic mass is 9.87. The number of piperidine rings is 1. The molecule has 2 aromatic rings. The Morgan fingerprint density at radius 3 is 2.96 bits per heavy atom. The number of rotatable bonds is 3. The molecule has 24 heavy (non-hydrogen) atoms. The van der Waals surface area contributed by atoms with Gasteiger partial charge in [-0.1, -0.05) is 6.07 Å². The van der Waals surface area contributed by atoms with Crippen molar-refractivity contribution >= 4 is 5.91 Å². The summed E-state index contributed by atoms with van der Waals surface area (Å²) in [7, 11) is 0. The number of aryl methyl sites for hydroxylation is 1. The predicted molar refractivity (Wildman–Crippen MR) is 87.9 cm³/mol. The highest BCUT2D eigenvalue weighted by Crippen LogP contribution is 2.34. The Balaban J connectivity index is 1.59. The quantitative estimate of drug-likeness (QED) is 0.905. The molecule has 0 saturated carbocycles. The number of amides is 1. The summed E-state index contributed by atoms with van der Waals surface area (Å²) in [5.41, 5.74) is 1.39. The monoisotopic (exact) mass is 328 g/mol. The third kappa shape index (κ3) is 2.51. The van der Waals surface area contributed by atoms with Crippen LogP contribution in [0.4, 0.5) is 4.39 Å². The van der Waals surface area contributed by atoms with E-state index in [1.54, 1.807) is 23.0 Å². The summed E-state index contributed by atoms with van der Waals surface area (Å²) in [6.07, 6.45) is 6.62. The second-order valence-corrected chi connectivity index (χ2v) is 6.64. The Bertz CT molecular complexity index is 737. The van der Waals surface area contributed by atoms with Gasteiger partial charge in [0.2, 0.25) is 5.91 Å². The molecule has 5 nitrogen and oxygen atoms in total. The summed E-state index contributed by atoms with van der Waals surface area (Å²) in [6, 6.07) is 6.65. The first-order chi connectivity index (χ1) is 11.7. The molecule has 1 amide bonds. The van der Waals surface area contributed by atoms with Gasteiger partial charge in [0, 0.05) is 12.4 Å². The van der Waals surface area contributed by atoms with Gasteiger partial charge < -0.3 is 10.6 Å². The molecule has 0 spiro atoms. The average molecular weight is 328 g/mol. The zero-order valence-corrected chi connectivity index (χ0v) is 13.5. The Labute approximate surface area is 140 Å². The summed E-state index contributed by atoms with van der Waals surface area (Å²) in [6.45, 7) is 1.58. The topological polar surface area (TPSA) is 59.0 Å². The standard InChI is InChI=1S/C18H21FN4O/c19-14-3-4-15-13(12-14)2-5-16(15)22-17(24)18(6-9-20-10-7-18)23-11-1-8-21-23/h1,3-4,8,11-12,16,20H,2,5-7,9-10H2,(H,22,24). The molecule has 0 radical (unpaired) electrons. The van der Waals surface area contributed by atoms with Crippen LogP contribution in [-0.2, 0) is 16.8 Å². The van der Waals surface area contributed by atoms with Crippen LogP contribution < -0.4 is 10.6 Å². The van der Waals surface area contributed by atoms with Gasteiger partial charge >= 0.3 is 0 Å². The van der Waals surface area contributed by atoms with Crippen LogP contribution in [0.25, 0.3) is 0 Å². The number of nitrogens with zero attached hydrogens (tertiary/aromatic N) is 2. The Morgan fingerprint density at radius 2 is 2.21 bits per heavy atom. The van der Waals surface area contributed by atoms with Crippen LogP contribution in [0.15, 0.2) is 36.7 Å². The van der Waals surface area contributed by atoms with E-state index in [2.05, 4.69) is 15.7 Å². The number of fused-ring (bicyclic) bond motifs is 1. The molecule has 1 aliphatic carbocycles. The zero-order valence-electron chi connectivity index (χ0n) is 13.5.